The first kappa shape index (κ1) is 17.3. The third kappa shape index (κ3) is 2.94. The van der Waals surface area contributed by atoms with E-state index >= 15 is 0 Å². The van der Waals surface area contributed by atoms with Gasteiger partial charge in [0.05, 0.1) is 16.7 Å². The van der Waals surface area contributed by atoms with Crippen LogP contribution in [-0.4, -0.2) is 21.2 Å². The summed E-state index contributed by atoms with van der Waals surface area (Å²) in [6, 6.07) is 3.71. The van der Waals surface area contributed by atoms with Crippen molar-refractivity contribution in [2.75, 3.05) is 11.1 Å². The van der Waals surface area contributed by atoms with Crippen molar-refractivity contribution in [1.29, 1.82) is 5.26 Å². The molecule has 9 heteroatoms. The number of thiophene rings is 2. The number of nitrogens with one attached hydrogen (secondary N) is 1. The Morgan fingerprint density at radius 3 is 3.15 bits per heavy atom. The molecule has 0 radical (unpaired) electrons. The standard InChI is InChI=1S/C17H14N4O2S3/c1-21-16(23)13-10-3-2-4-11(10)26-15(13)20-17(21)25-8-12(22)19-14-9(7-18)5-6-24-14/h5-6H,2-4,8H2,1H3,(H,19,22). The van der Waals surface area contributed by atoms with Crippen LogP contribution in [0.1, 0.15) is 22.4 Å². The molecule has 4 rings (SSSR count). The number of aromatic nitrogens is 2. The summed E-state index contributed by atoms with van der Waals surface area (Å²) in [5.74, 6) is -0.100. The van der Waals surface area contributed by atoms with E-state index in [1.807, 2.05) is 6.07 Å². The minimum Gasteiger partial charge on any atom is -0.316 e. The number of fused-ring (bicyclic) bond motifs is 3. The highest BCUT2D eigenvalue weighted by Crippen LogP contribution is 2.35. The number of carbonyl (C=O) groups is 1. The lowest BCUT2D eigenvalue weighted by Crippen LogP contribution is -2.21. The molecule has 3 heterocycles. The first-order valence-electron chi connectivity index (χ1n) is 8.00. The van der Waals surface area contributed by atoms with Crippen LogP contribution in [0.15, 0.2) is 21.4 Å². The fourth-order valence-corrected chi connectivity index (χ4v) is 5.85. The Hall–Kier alpha value is -2.15. The molecule has 6 nitrogen and oxygen atoms in total. The first-order chi connectivity index (χ1) is 12.6. The Morgan fingerprint density at radius 1 is 1.50 bits per heavy atom. The van der Waals surface area contributed by atoms with Gasteiger partial charge in [-0.1, -0.05) is 11.8 Å². The van der Waals surface area contributed by atoms with Gasteiger partial charge in [0.25, 0.3) is 5.56 Å². The van der Waals surface area contributed by atoms with Crippen molar-refractivity contribution in [3.63, 3.8) is 0 Å². The predicted octanol–water partition coefficient (Wildman–Crippen LogP) is 3.15. The summed E-state index contributed by atoms with van der Waals surface area (Å²) in [6.45, 7) is 0. The molecule has 1 N–H and O–H groups in total. The molecule has 1 aliphatic carbocycles. The van der Waals surface area contributed by atoms with Crippen LogP contribution in [0.2, 0.25) is 0 Å². The molecular formula is C17H14N4O2S3. The van der Waals surface area contributed by atoms with Gasteiger partial charge in [0.15, 0.2) is 5.16 Å². The number of aryl methyl sites for hydroxylation is 2. The number of hydrogen-bond acceptors (Lipinski definition) is 7. The van der Waals surface area contributed by atoms with Crippen molar-refractivity contribution in [1.82, 2.24) is 9.55 Å². The monoisotopic (exact) mass is 402 g/mol. The Balaban J connectivity index is 1.54. The van der Waals surface area contributed by atoms with Crippen LogP contribution >= 0.6 is 34.4 Å². The zero-order valence-corrected chi connectivity index (χ0v) is 16.3. The SMILES string of the molecule is Cn1c(SCC(=O)Nc2sccc2C#N)nc2sc3c(c2c1=O)CCC3. The summed E-state index contributed by atoms with van der Waals surface area (Å²) in [6.07, 6.45) is 3.07. The van der Waals surface area contributed by atoms with Crippen LogP contribution in [0.5, 0.6) is 0 Å². The number of rotatable bonds is 4. The van der Waals surface area contributed by atoms with Crippen molar-refractivity contribution in [3.8, 4) is 6.07 Å². The Kier molecular flexibility index (Phi) is 4.56. The third-order valence-electron chi connectivity index (χ3n) is 4.28. The van der Waals surface area contributed by atoms with Gasteiger partial charge >= 0.3 is 0 Å². The van der Waals surface area contributed by atoms with E-state index in [9.17, 15) is 9.59 Å². The maximum Gasteiger partial charge on any atom is 0.262 e. The lowest BCUT2D eigenvalue weighted by Gasteiger charge is -2.07. The van der Waals surface area contributed by atoms with Crippen LogP contribution in [0.4, 0.5) is 5.00 Å². The first-order valence-corrected chi connectivity index (χ1v) is 10.7. The number of nitriles is 1. The zero-order chi connectivity index (χ0) is 18.3. The molecule has 1 amide bonds. The average Bonchev–Trinajstić information content (AvgIpc) is 3.32. The lowest BCUT2D eigenvalue weighted by atomic mass is 10.2. The number of nitrogens with zero attached hydrogens (tertiary/aromatic N) is 3. The second kappa shape index (κ2) is 6.87. The number of hydrogen-bond donors (Lipinski definition) is 1. The highest BCUT2D eigenvalue weighted by molar-refractivity contribution is 7.99. The van der Waals surface area contributed by atoms with Gasteiger partial charge in [0.2, 0.25) is 5.91 Å². The Bertz CT molecular complexity index is 1120. The molecule has 0 unspecified atom stereocenters. The molecule has 3 aromatic rings. The number of carbonyl (C=O) groups excluding carboxylic acids is 1. The third-order valence-corrected chi connectivity index (χ3v) is 7.32. The summed E-state index contributed by atoms with van der Waals surface area (Å²) in [5.41, 5.74) is 1.57. The van der Waals surface area contributed by atoms with E-state index < -0.39 is 0 Å². The number of thioether (sulfide) groups is 1. The van der Waals surface area contributed by atoms with Crippen LogP contribution < -0.4 is 10.9 Å². The van der Waals surface area contributed by atoms with Crippen molar-refractivity contribution >= 4 is 55.6 Å². The van der Waals surface area contributed by atoms with Crippen molar-refractivity contribution in [3.05, 3.63) is 37.8 Å². The quantitative estimate of drug-likeness (QED) is 0.535. The highest BCUT2D eigenvalue weighted by Gasteiger charge is 2.22. The molecule has 1 aliphatic rings. The van der Waals surface area contributed by atoms with E-state index in [4.69, 9.17) is 5.26 Å². The molecule has 3 aromatic heterocycles. The second-order valence-electron chi connectivity index (χ2n) is 5.91. The minimum absolute atomic E-state index is 0.0395. The van der Waals surface area contributed by atoms with Crippen molar-refractivity contribution in [2.45, 2.75) is 24.4 Å². The van der Waals surface area contributed by atoms with Crippen LogP contribution in [0.25, 0.3) is 10.2 Å². The molecular weight excluding hydrogens is 388 g/mol. The smallest absolute Gasteiger partial charge is 0.262 e. The maximum atomic E-state index is 12.7. The van der Waals surface area contributed by atoms with Gasteiger partial charge in [-0.2, -0.15) is 5.26 Å². The van der Waals surface area contributed by atoms with E-state index in [1.165, 1.54) is 32.5 Å². The van der Waals surface area contributed by atoms with Crippen LogP contribution in [-0.2, 0) is 24.7 Å². The van der Waals surface area contributed by atoms with E-state index in [1.54, 1.807) is 29.8 Å². The summed E-state index contributed by atoms with van der Waals surface area (Å²) >= 11 is 4.13. The molecule has 0 aliphatic heterocycles. The fourth-order valence-electron chi connectivity index (χ4n) is 3.02. The number of anilines is 1. The van der Waals surface area contributed by atoms with Crippen molar-refractivity contribution < 1.29 is 4.79 Å². The largest absolute Gasteiger partial charge is 0.316 e. The van der Waals surface area contributed by atoms with Gasteiger partial charge in [-0.05, 0) is 36.3 Å². The van der Waals surface area contributed by atoms with Gasteiger partial charge in [-0.15, -0.1) is 22.7 Å². The summed E-state index contributed by atoms with van der Waals surface area (Å²) < 4.78 is 1.53. The molecule has 0 atom stereocenters. The molecule has 0 fully saturated rings. The summed E-state index contributed by atoms with van der Waals surface area (Å²) in [5, 5.41) is 15.3. The van der Waals surface area contributed by atoms with Gasteiger partial charge in [-0.25, -0.2) is 4.98 Å². The fraction of sp³-hybridized carbons (Fsp3) is 0.294. The molecule has 0 spiro atoms. The van der Waals surface area contributed by atoms with E-state index in [0.717, 1.165) is 35.0 Å². The molecule has 132 valence electrons. The van der Waals surface area contributed by atoms with Crippen molar-refractivity contribution in [2.24, 2.45) is 7.05 Å². The Labute approximate surface area is 161 Å². The second-order valence-corrected chi connectivity index (χ2v) is 8.85. The van der Waals surface area contributed by atoms with Gasteiger partial charge in [0, 0.05) is 11.9 Å². The summed E-state index contributed by atoms with van der Waals surface area (Å²) in [4.78, 5) is 31.6. The molecule has 26 heavy (non-hydrogen) atoms. The zero-order valence-electron chi connectivity index (χ0n) is 13.9. The van der Waals surface area contributed by atoms with Crippen LogP contribution in [0.3, 0.4) is 0 Å². The molecule has 0 saturated carbocycles. The minimum atomic E-state index is -0.225. The average molecular weight is 403 g/mol. The molecule has 0 saturated heterocycles. The Morgan fingerprint density at radius 2 is 2.35 bits per heavy atom. The maximum absolute atomic E-state index is 12.7. The molecule has 0 aromatic carbocycles. The van der Waals surface area contributed by atoms with Gasteiger partial charge in [-0.3, -0.25) is 14.2 Å². The van der Waals surface area contributed by atoms with E-state index in [0.29, 0.717) is 15.7 Å². The van der Waals surface area contributed by atoms with E-state index in [2.05, 4.69) is 10.3 Å². The van der Waals surface area contributed by atoms with Crippen LogP contribution in [0, 0.1) is 11.3 Å². The van der Waals surface area contributed by atoms with Gasteiger partial charge in [0.1, 0.15) is 15.9 Å². The number of amides is 1. The predicted molar refractivity (Wildman–Crippen MR) is 105 cm³/mol. The topological polar surface area (TPSA) is 87.8 Å². The molecule has 0 bridgehead atoms. The summed E-state index contributed by atoms with van der Waals surface area (Å²) in [7, 11) is 1.70. The normalized spacial score (nSPS) is 12.9. The highest BCUT2D eigenvalue weighted by atomic mass is 32.2. The van der Waals surface area contributed by atoms with Gasteiger partial charge < -0.3 is 5.32 Å². The van der Waals surface area contributed by atoms with E-state index in [-0.39, 0.29) is 17.2 Å². The lowest BCUT2D eigenvalue weighted by molar-refractivity contribution is -0.113.